The summed E-state index contributed by atoms with van der Waals surface area (Å²) < 4.78 is 0. The Kier molecular flexibility index (Phi) is 4.93. The molecule has 17 heavy (non-hydrogen) atoms. The zero-order valence-corrected chi connectivity index (χ0v) is 10.6. The molecule has 0 aliphatic heterocycles. The Hall–Kier alpha value is -1.10. The zero-order valence-electron chi connectivity index (χ0n) is 10.6. The second-order valence-electron chi connectivity index (χ2n) is 5.26. The lowest BCUT2D eigenvalue weighted by Gasteiger charge is -2.23. The van der Waals surface area contributed by atoms with E-state index in [1.807, 2.05) is 0 Å². The van der Waals surface area contributed by atoms with Gasteiger partial charge < -0.3 is 15.7 Å². The van der Waals surface area contributed by atoms with Gasteiger partial charge in [-0.25, -0.2) is 0 Å². The van der Waals surface area contributed by atoms with E-state index in [9.17, 15) is 9.59 Å². The minimum Gasteiger partial charge on any atom is -0.394 e. The smallest absolute Gasteiger partial charge is 0.223 e. The lowest BCUT2D eigenvalue weighted by molar-refractivity contribution is -0.124. The van der Waals surface area contributed by atoms with Crippen molar-refractivity contribution in [2.45, 2.75) is 45.1 Å². The highest BCUT2D eigenvalue weighted by molar-refractivity contribution is 5.81. The number of amides is 2. The highest BCUT2D eigenvalue weighted by atomic mass is 16.3. The molecule has 1 rings (SSSR count). The second kappa shape index (κ2) is 6.00. The van der Waals surface area contributed by atoms with Gasteiger partial charge in [0.05, 0.1) is 12.1 Å². The van der Waals surface area contributed by atoms with Gasteiger partial charge in [-0.2, -0.15) is 0 Å². The predicted molar refractivity (Wildman–Crippen MR) is 64.3 cm³/mol. The lowest BCUT2D eigenvalue weighted by Crippen LogP contribution is -2.46. The number of hydrogen-bond donors (Lipinski definition) is 3. The van der Waals surface area contributed by atoms with E-state index in [1.54, 1.807) is 13.8 Å². The van der Waals surface area contributed by atoms with E-state index in [0.717, 1.165) is 12.8 Å². The summed E-state index contributed by atoms with van der Waals surface area (Å²) in [5.74, 6) is 0.239. The van der Waals surface area contributed by atoms with Crippen LogP contribution in [0.2, 0.25) is 0 Å². The molecule has 5 nitrogen and oxygen atoms in total. The Morgan fingerprint density at radius 2 is 2.00 bits per heavy atom. The number of hydrogen-bond acceptors (Lipinski definition) is 3. The van der Waals surface area contributed by atoms with Crippen molar-refractivity contribution in [3.05, 3.63) is 0 Å². The first-order valence-electron chi connectivity index (χ1n) is 6.14. The third-order valence-corrected chi connectivity index (χ3v) is 2.70. The van der Waals surface area contributed by atoms with Crippen LogP contribution in [0, 0.1) is 5.92 Å². The van der Waals surface area contributed by atoms with E-state index in [1.165, 1.54) is 0 Å². The molecule has 1 aliphatic rings. The van der Waals surface area contributed by atoms with Crippen LogP contribution in [0.25, 0.3) is 0 Å². The third-order valence-electron chi connectivity index (χ3n) is 2.70. The maximum absolute atomic E-state index is 11.5. The standard InChI is InChI=1S/C12H22N2O3/c1-12(2,8-15)14-10(16)4-3-7-13-11(17)9-5-6-9/h9,15H,3-8H2,1-2H3,(H,13,17)(H,14,16). The van der Waals surface area contributed by atoms with Crippen LogP contribution in [0.5, 0.6) is 0 Å². The van der Waals surface area contributed by atoms with E-state index in [0.29, 0.717) is 19.4 Å². The first-order chi connectivity index (χ1) is 7.94. The van der Waals surface area contributed by atoms with E-state index < -0.39 is 5.54 Å². The number of carbonyl (C=O) groups excluding carboxylic acids is 2. The minimum absolute atomic E-state index is 0.0862. The molecule has 0 heterocycles. The van der Waals surface area contributed by atoms with Crippen LogP contribution < -0.4 is 10.6 Å². The predicted octanol–water partition coefficient (Wildman–Crippen LogP) is 0.180. The fourth-order valence-corrected chi connectivity index (χ4v) is 1.43. The third kappa shape index (κ3) is 5.68. The van der Waals surface area contributed by atoms with Gasteiger partial charge in [-0.05, 0) is 33.1 Å². The summed E-state index contributed by atoms with van der Waals surface area (Å²) in [6, 6.07) is 0. The minimum atomic E-state index is -0.575. The van der Waals surface area contributed by atoms with Gasteiger partial charge in [-0.15, -0.1) is 0 Å². The van der Waals surface area contributed by atoms with Crippen molar-refractivity contribution >= 4 is 11.8 Å². The van der Waals surface area contributed by atoms with Crippen molar-refractivity contribution in [2.75, 3.05) is 13.2 Å². The van der Waals surface area contributed by atoms with Gasteiger partial charge in [-0.1, -0.05) is 0 Å². The molecule has 1 fully saturated rings. The Morgan fingerprint density at radius 3 is 2.53 bits per heavy atom. The zero-order chi connectivity index (χ0) is 12.9. The fraction of sp³-hybridized carbons (Fsp3) is 0.833. The molecule has 0 unspecified atom stereocenters. The molecular weight excluding hydrogens is 220 g/mol. The molecule has 0 radical (unpaired) electrons. The highest BCUT2D eigenvalue weighted by Crippen LogP contribution is 2.28. The van der Waals surface area contributed by atoms with Gasteiger partial charge in [0, 0.05) is 18.9 Å². The fourth-order valence-electron chi connectivity index (χ4n) is 1.43. The summed E-state index contributed by atoms with van der Waals surface area (Å²) in [6.45, 7) is 3.99. The van der Waals surface area contributed by atoms with E-state index in [-0.39, 0.29) is 24.3 Å². The van der Waals surface area contributed by atoms with Crippen molar-refractivity contribution < 1.29 is 14.7 Å². The quantitative estimate of drug-likeness (QED) is 0.557. The van der Waals surface area contributed by atoms with Gasteiger partial charge >= 0.3 is 0 Å². The summed E-state index contributed by atoms with van der Waals surface area (Å²) in [5, 5.41) is 14.5. The van der Waals surface area contributed by atoms with Crippen LogP contribution in [0.3, 0.4) is 0 Å². The average molecular weight is 242 g/mol. The lowest BCUT2D eigenvalue weighted by atomic mass is 10.1. The van der Waals surface area contributed by atoms with Crippen LogP contribution in [-0.2, 0) is 9.59 Å². The number of nitrogens with one attached hydrogen (secondary N) is 2. The molecular formula is C12H22N2O3. The second-order valence-corrected chi connectivity index (χ2v) is 5.26. The first-order valence-corrected chi connectivity index (χ1v) is 6.14. The summed E-state index contributed by atoms with van der Waals surface area (Å²) in [6.07, 6.45) is 2.99. The van der Waals surface area contributed by atoms with Crippen LogP contribution in [0.4, 0.5) is 0 Å². The van der Waals surface area contributed by atoms with Crippen LogP contribution in [0.1, 0.15) is 39.5 Å². The molecule has 0 bridgehead atoms. The average Bonchev–Trinajstić information content (AvgIpc) is 3.07. The monoisotopic (exact) mass is 242 g/mol. The maximum Gasteiger partial charge on any atom is 0.223 e. The normalized spacial score (nSPS) is 15.5. The Morgan fingerprint density at radius 1 is 1.35 bits per heavy atom. The summed E-state index contributed by atoms with van der Waals surface area (Å²) in [4.78, 5) is 22.8. The largest absolute Gasteiger partial charge is 0.394 e. The van der Waals surface area contributed by atoms with Crippen LogP contribution in [-0.4, -0.2) is 35.6 Å². The topological polar surface area (TPSA) is 78.4 Å². The highest BCUT2D eigenvalue weighted by Gasteiger charge is 2.29. The summed E-state index contributed by atoms with van der Waals surface area (Å²) >= 11 is 0. The Labute approximate surface area is 102 Å². The molecule has 0 atom stereocenters. The van der Waals surface area contributed by atoms with Crippen molar-refractivity contribution in [2.24, 2.45) is 5.92 Å². The van der Waals surface area contributed by atoms with Crippen LogP contribution in [0.15, 0.2) is 0 Å². The molecule has 0 spiro atoms. The molecule has 3 N–H and O–H groups in total. The maximum atomic E-state index is 11.5. The summed E-state index contributed by atoms with van der Waals surface area (Å²) in [5.41, 5.74) is -0.575. The number of rotatable bonds is 7. The molecule has 5 heteroatoms. The van der Waals surface area contributed by atoms with Gasteiger partial charge in [0.2, 0.25) is 11.8 Å². The van der Waals surface area contributed by atoms with Crippen molar-refractivity contribution in [3.63, 3.8) is 0 Å². The number of carbonyl (C=O) groups is 2. The Bertz CT molecular complexity index is 285. The molecule has 1 saturated carbocycles. The molecule has 2 amide bonds. The molecule has 0 saturated heterocycles. The molecule has 1 aliphatic carbocycles. The van der Waals surface area contributed by atoms with Gasteiger partial charge in [0.25, 0.3) is 0 Å². The van der Waals surface area contributed by atoms with Crippen LogP contribution >= 0.6 is 0 Å². The molecule has 0 aromatic heterocycles. The molecule has 0 aromatic carbocycles. The molecule has 98 valence electrons. The number of aliphatic hydroxyl groups excluding tert-OH is 1. The molecule has 0 aromatic rings. The van der Waals surface area contributed by atoms with Crippen molar-refractivity contribution in [1.82, 2.24) is 10.6 Å². The van der Waals surface area contributed by atoms with E-state index in [2.05, 4.69) is 10.6 Å². The van der Waals surface area contributed by atoms with Gasteiger partial charge in [0.1, 0.15) is 0 Å². The van der Waals surface area contributed by atoms with Crippen molar-refractivity contribution in [3.8, 4) is 0 Å². The van der Waals surface area contributed by atoms with Gasteiger partial charge in [-0.3, -0.25) is 9.59 Å². The van der Waals surface area contributed by atoms with E-state index in [4.69, 9.17) is 5.11 Å². The summed E-state index contributed by atoms with van der Waals surface area (Å²) in [7, 11) is 0. The van der Waals surface area contributed by atoms with E-state index >= 15 is 0 Å². The first kappa shape index (κ1) is 14.0. The SMILES string of the molecule is CC(C)(CO)NC(=O)CCCNC(=O)C1CC1. The van der Waals surface area contributed by atoms with Gasteiger partial charge in [0.15, 0.2) is 0 Å². The van der Waals surface area contributed by atoms with Crippen molar-refractivity contribution in [1.29, 1.82) is 0 Å². The number of aliphatic hydroxyl groups is 1. The Balaban J connectivity index is 2.05.